The molecule has 0 amide bonds. The third-order valence-electron chi connectivity index (χ3n) is 4.37. The second-order valence-corrected chi connectivity index (χ2v) is 7.83. The fourth-order valence-electron chi connectivity index (χ4n) is 2.57. The molecule has 0 aromatic heterocycles. The molecule has 0 radical (unpaired) electrons. The molecule has 0 bridgehead atoms. The monoisotopic (exact) mass is 382 g/mol. The Kier molecular flexibility index (Phi) is 11.8. The summed E-state index contributed by atoms with van der Waals surface area (Å²) in [6, 6.07) is 7.86. The molecule has 0 saturated heterocycles. The molecule has 2 heteroatoms. The van der Waals surface area contributed by atoms with Crippen molar-refractivity contribution >= 4 is 0 Å². The van der Waals surface area contributed by atoms with Crippen LogP contribution in [0.3, 0.4) is 0 Å². The molecule has 0 N–H and O–H groups in total. The fraction of sp³-hybridized carbons (Fsp3) is 0.462. The Morgan fingerprint density at radius 3 is 1.29 bits per heavy atom. The van der Waals surface area contributed by atoms with E-state index in [1.165, 1.54) is 22.3 Å². The normalized spacial score (nSPS) is 11.8. The number of hydrogen-bond donors (Lipinski definition) is 0. The lowest BCUT2D eigenvalue weighted by atomic mass is 10.1. The van der Waals surface area contributed by atoms with Gasteiger partial charge in [0.15, 0.2) is 0 Å². The SMILES string of the molecule is CC(C)=CCCC(C)=CCOc1ccc(OCC=C(C)CCC=C(C)C)cc1. The topological polar surface area (TPSA) is 18.5 Å². The van der Waals surface area contributed by atoms with Gasteiger partial charge >= 0.3 is 0 Å². The van der Waals surface area contributed by atoms with Crippen LogP contribution < -0.4 is 9.47 Å². The van der Waals surface area contributed by atoms with Crippen LogP contribution in [0.1, 0.15) is 67.2 Å². The standard InChI is InChI=1S/C26H38O2/c1-21(2)9-7-11-23(5)17-19-27-25-13-15-26(16-14-25)28-20-18-24(6)12-8-10-22(3)4/h9-10,13-18H,7-8,11-12,19-20H2,1-6H3. The highest BCUT2D eigenvalue weighted by molar-refractivity contribution is 5.31. The largest absolute Gasteiger partial charge is 0.490 e. The van der Waals surface area contributed by atoms with Gasteiger partial charge in [0.2, 0.25) is 0 Å². The minimum absolute atomic E-state index is 0.606. The zero-order valence-electron chi connectivity index (χ0n) is 18.7. The van der Waals surface area contributed by atoms with Crippen LogP contribution in [-0.2, 0) is 0 Å². The molecule has 0 fully saturated rings. The number of benzene rings is 1. The predicted octanol–water partition coefficient (Wildman–Crippen LogP) is 7.83. The van der Waals surface area contributed by atoms with E-state index in [1.54, 1.807) is 0 Å². The van der Waals surface area contributed by atoms with Crippen molar-refractivity contribution in [2.24, 2.45) is 0 Å². The second kappa shape index (κ2) is 13.9. The first-order valence-corrected chi connectivity index (χ1v) is 10.3. The van der Waals surface area contributed by atoms with Gasteiger partial charge in [-0.05, 0) is 104 Å². The molecule has 0 spiro atoms. The van der Waals surface area contributed by atoms with Gasteiger partial charge in [0.05, 0.1) is 0 Å². The molecule has 1 aromatic carbocycles. The third kappa shape index (κ3) is 12.2. The number of ether oxygens (including phenoxy) is 2. The summed E-state index contributed by atoms with van der Waals surface area (Å²) in [7, 11) is 0. The summed E-state index contributed by atoms with van der Waals surface area (Å²) in [4.78, 5) is 0. The molecule has 0 atom stereocenters. The maximum Gasteiger partial charge on any atom is 0.120 e. The van der Waals surface area contributed by atoms with Crippen LogP contribution in [0.25, 0.3) is 0 Å². The molecule has 0 saturated carbocycles. The average Bonchev–Trinajstić information content (AvgIpc) is 2.62. The highest BCUT2D eigenvalue weighted by Gasteiger charge is 1.97. The summed E-state index contributed by atoms with van der Waals surface area (Å²) in [5, 5.41) is 0. The summed E-state index contributed by atoms with van der Waals surface area (Å²) in [6.45, 7) is 14.1. The van der Waals surface area contributed by atoms with Crippen molar-refractivity contribution in [3.8, 4) is 11.5 Å². The summed E-state index contributed by atoms with van der Waals surface area (Å²) in [5.74, 6) is 1.74. The summed E-state index contributed by atoms with van der Waals surface area (Å²) < 4.78 is 11.6. The highest BCUT2D eigenvalue weighted by atomic mass is 16.5. The van der Waals surface area contributed by atoms with Crippen LogP contribution >= 0.6 is 0 Å². The molecule has 28 heavy (non-hydrogen) atoms. The Hall–Kier alpha value is -2.22. The minimum atomic E-state index is 0.606. The van der Waals surface area contributed by atoms with E-state index < -0.39 is 0 Å². The van der Waals surface area contributed by atoms with E-state index in [0.29, 0.717) is 13.2 Å². The lowest BCUT2D eigenvalue weighted by molar-refractivity contribution is 0.351. The summed E-state index contributed by atoms with van der Waals surface area (Å²) in [6.07, 6.45) is 13.2. The molecule has 154 valence electrons. The number of allylic oxidation sites excluding steroid dienone is 6. The van der Waals surface area contributed by atoms with Gasteiger partial charge in [0.1, 0.15) is 24.7 Å². The van der Waals surface area contributed by atoms with Crippen molar-refractivity contribution < 1.29 is 9.47 Å². The Labute approximate surface area is 172 Å². The first-order chi connectivity index (χ1) is 13.4. The van der Waals surface area contributed by atoms with Crippen molar-refractivity contribution in [2.75, 3.05) is 13.2 Å². The summed E-state index contributed by atoms with van der Waals surface area (Å²) >= 11 is 0. The van der Waals surface area contributed by atoms with Crippen LogP contribution in [-0.4, -0.2) is 13.2 Å². The van der Waals surface area contributed by atoms with Gasteiger partial charge < -0.3 is 9.47 Å². The van der Waals surface area contributed by atoms with E-state index in [1.807, 2.05) is 24.3 Å². The predicted molar refractivity (Wildman–Crippen MR) is 122 cm³/mol. The van der Waals surface area contributed by atoms with Gasteiger partial charge in [0.25, 0.3) is 0 Å². The van der Waals surface area contributed by atoms with Crippen molar-refractivity contribution in [1.29, 1.82) is 0 Å². The zero-order valence-corrected chi connectivity index (χ0v) is 18.7. The van der Waals surface area contributed by atoms with Gasteiger partial charge in [-0.3, -0.25) is 0 Å². The van der Waals surface area contributed by atoms with Gasteiger partial charge in [-0.1, -0.05) is 34.4 Å². The van der Waals surface area contributed by atoms with Crippen LogP contribution in [0.15, 0.2) is 70.9 Å². The average molecular weight is 383 g/mol. The number of rotatable bonds is 12. The van der Waals surface area contributed by atoms with Crippen LogP contribution in [0.5, 0.6) is 11.5 Å². The first-order valence-electron chi connectivity index (χ1n) is 10.3. The molecular weight excluding hydrogens is 344 g/mol. The second-order valence-electron chi connectivity index (χ2n) is 7.83. The molecule has 0 aliphatic rings. The van der Waals surface area contributed by atoms with E-state index in [9.17, 15) is 0 Å². The molecule has 2 nitrogen and oxygen atoms in total. The highest BCUT2D eigenvalue weighted by Crippen LogP contribution is 2.18. The maximum absolute atomic E-state index is 5.80. The van der Waals surface area contributed by atoms with Crippen molar-refractivity contribution in [3.63, 3.8) is 0 Å². The molecule has 0 aliphatic carbocycles. The van der Waals surface area contributed by atoms with E-state index in [4.69, 9.17) is 9.47 Å². The Bertz CT molecular complexity index is 619. The molecule has 1 aromatic rings. The van der Waals surface area contributed by atoms with Crippen molar-refractivity contribution in [3.05, 3.63) is 70.9 Å². The van der Waals surface area contributed by atoms with Crippen molar-refractivity contribution in [2.45, 2.75) is 67.2 Å². The molecule has 1 rings (SSSR count). The van der Waals surface area contributed by atoms with Gasteiger partial charge in [0, 0.05) is 0 Å². The number of hydrogen-bond acceptors (Lipinski definition) is 2. The third-order valence-corrected chi connectivity index (χ3v) is 4.37. The Morgan fingerprint density at radius 1 is 0.607 bits per heavy atom. The van der Waals surface area contributed by atoms with Crippen molar-refractivity contribution in [1.82, 2.24) is 0 Å². The Balaban J connectivity index is 2.33. The van der Waals surface area contributed by atoms with Gasteiger partial charge in [-0.15, -0.1) is 0 Å². The fourth-order valence-corrected chi connectivity index (χ4v) is 2.57. The summed E-state index contributed by atoms with van der Waals surface area (Å²) in [5.41, 5.74) is 5.48. The molecule has 0 unspecified atom stereocenters. The molecule has 0 aliphatic heterocycles. The molecular formula is C26H38O2. The lowest BCUT2D eigenvalue weighted by Crippen LogP contribution is -1.97. The van der Waals surface area contributed by atoms with E-state index in [-0.39, 0.29) is 0 Å². The zero-order chi connectivity index (χ0) is 20.8. The quantitative estimate of drug-likeness (QED) is 0.343. The van der Waals surface area contributed by atoms with E-state index >= 15 is 0 Å². The first kappa shape index (κ1) is 23.8. The van der Waals surface area contributed by atoms with Crippen LogP contribution in [0, 0.1) is 0 Å². The Morgan fingerprint density at radius 2 is 0.964 bits per heavy atom. The smallest absolute Gasteiger partial charge is 0.120 e. The molecule has 0 heterocycles. The minimum Gasteiger partial charge on any atom is -0.490 e. The maximum atomic E-state index is 5.80. The van der Waals surface area contributed by atoms with E-state index in [2.05, 4.69) is 65.8 Å². The lowest BCUT2D eigenvalue weighted by Gasteiger charge is -2.07. The van der Waals surface area contributed by atoms with Gasteiger partial charge in [-0.2, -0.15) is 0 Å². The van der Waals surface area contributed by atoms with Crippen LogP contribution in [0.2, 0.25) is 0 Å². The van der Waals surface area contributed by atoms with E-state index in [0.717, 1.165) is 37.2 Å². The van der Waals surface area contributed by atoms with Gasteiger partial charge in [-0.25, -0.2) is 0 Å². The van der Waals surface area contributed by atoms with Crippen LogP contribution in [0.4, 0.5) is 0 Å².